The van der Waals surface area contributed by atoms with Crippen LogP contribution in [0.5, 0.6) is 0 Å². The number of anilines is 1. The Balaban J connectivity index is 2.72. The van der Waals surface area contributed by atoms with Crippen LogP contribution in [0.25, 0.3) is 0 Å². The summed E-state index contributed by atoms with van der Waals surface area (Å²) < 4.78 is 4.41. The van der Waals surface area contributed by atoms with Crippen LogP contribution in [0.1, 0.15) is 5.56 Å². The summed E-state index contributed by atoms with van der Waals surface area (Å²) in [5.41, 5.74) is 1.09. The maximum Gasteiger partial charge on any atom is 0.331 e. The Morgan fingerprint density at radius 2 is 2.38 bits per heavy atom. The molecule has 5 heteroatoms. The highest BCUT2D eigenvalue weighted by Crippen LogP contribution is 2.22. The maximum atomic E-state index is 10.8. The lowest BCUT2D eigenvalue weighted by Crippen LogP contribution is -1.96. The normalized spacial score (nSPS) is 9.81. The number of ether oxygens (including phenoxy) is 1. The van der Waals surface area contributed by atoms with Crippen LogP contribution < -0.4 is 5.32 Å². The summed E-state index contributed by atoms with van der Waals surface area (Å²) in [4.78, 5) is 10.8. The van der Waals surface area contributed by atoms with E-state index in [4.69, 9.17) is 16.9 Å². The van der Waals surface area contributed by atoms with Gasteiger partial charge in [-0.05, 0) is 18.2 Å². The molecule has 0 fully saturated rings. The fraction of sp³-hybridized carbons (Fsp3) is 0.0909. The van der Waals surface area contributed by atoms with Crippen molar-refractivity contribution in [3.8, 4) is 6.07 Å². The van der Waals surface area contributed by atoms with E-state index in [9.17, 15) is 4.79 Å². The van der Waals surface area contributed by atoms with Crippen LogP contribution in [-0.2, 0) is 9.53 Å². The number of carbonyl (C=O) groups is 1. The molecule has 16 heavy (non-hydrogen) atoms. The Labute approximate surface area is 98.1 Å². The van der Waals surface area contributed by atoms with E-state index in [1.807, 2.05) is 6.07 Å². The minimum absolute atomic E-state index is 0.411. The van der Waals surface area contributed by atoms with Gasteiger partial charge >= 0.3 is 5.97 Å². The quantitative estimate of drug-likeness (QED) is 0.646. The zero-order chi connectivity index (χ0) is 12.0. The summed E-state index contributed by atoms with van der Waals surface area (Å²) >= 11 is 5.89. The van der Waals surface area contributed by atoms with Crippen molar-refractivity contribution in [2.24, 2.45) is 0 Å². The number of hydrogen-bond acceptors (Lipinski definition) is 4. The summed E-state index contributed by atoms with van der Waals surface area (Å²) in [6.45, 7) is 0. The highest BCUT2D eigenvalue weighted by Gasteiger charge is 1.99. The number of benzene rings is 1. The largest absolute Gasteiger partial charge is 0.466 e. The molecule has 0 aliphatic rings. The molecule has 0 aliphatic carbocycles. The van der Waals surface area contributed by atoms with E-state index in [0.717, 1.165) is 0 Å². The van der Waals surface area contributed by atoms with Crippen LogP contribution in [0.3, 0.4) is 0 Å². The highest BCUT2D eigenvalue weighted by molar-refractivity contribution is 6.33. The molecule has 0 unspecified atom stereocenters. The van der Waals surface area contributed by atoms with Gasteiger partial charge in [0.1, 0.15) is 0 Å². The third-order valence-corrected chi connectivity index (χ3v) is 2.07. The second kappa shape index (κ2) is 5.79. The molecule has 0 radical (unpaired) electrons. The van der Waals surface area contributed by atoms with Crippen molar-refractivity contribution in [2.75, 3.05) is 12.4 Å². The Hall–Kier alpha value is -1.99. The van der Waals surface area contributed by atoms with Gasteiger partial charge in [-0.25, -0.2) is 4.79 Å². The zero-order valence-corrected chi connectivity index (χ0v) is 9.28. The van der Waals surface area contributed by atoms with Crippen molar-refractivity contribution in [1.82, 2.24) is 0 Å². The zero-order valence-electron chi connectivity index (χ0n) is 8.53. The minimum Gasteiger partial charge on any atom is -0.466 e. The van der Waals surface area contributed by atoms with E-state index in [2.05, 4.69) is 10.1 Å². The number of nitriles is 1. The summed E-state index contributed by atoms with van der Waals surface area (Å²) in [5.74, 6) is -0.461. The number of carbonyl (C=O) groups excluding carboxylic acids is 1. The third-order valence-electron chi connectivity index (χ3n) is 1.76. The molecule has 4 nitrogen and oxygen atoms in total. The highest BCUT2D eigenvalue weighted by atomic mass is 35.5. The Morgan fingerprint density at radius 3 is 2.94 bits per heavy atom. The fourth-order valence-corrected chi connectivity index (χ4v) is 1.20. The van der Waals surface area contributed by atoms with Gasteiger partial charge in [0.15, 0.2) is 0 Å². The lowest BCUT2D eigenvalue weighted by Gasteiger charge is -2.03. The van der Waals surface area contributed by atoms with Gasteiger partial charge in [0.05, 0.1) is 29.5 Å². The summed E-state index contributed by atoms with van der Waals surface area (Å²) in [5, 5.41) is 11.8. The molecule has 1 N–H and O–H groups in total. The molecule has 0 spiro atoms. The van der Waals surface area contributed by atoms with Gasteiger partial charge in [0, 0.05) is 12.3 Å². The van der Waals surface area contributed by atoms with E-state index >= 15 is 0 Å². The molecule has 0 atom stereocenters. The standard InChI is InChI=1S/C11H9ClN2O2/c1-16-11(15)4-5-14-10-3-2-8(7-13)6-9(10)12/h2-6,14H,1H3/b5-4+. The van der Waals surface area contributed by atoms with E-state index < -0.39 is 5.97 Å². The van der Waals surface area contributed by atoms with Gasteiger partial charge in [0.25, 0.3) is 0 Å². The molecule has 1 rings (SSSR count). The molecular weight excluding hydrogens is 228 g/mol. The van der Waals surface area contributed by atoms with Crippen LogP contribution in [0, 0.1) is 11.3 Å². The predicted octanol–water partition coefficient (Wildman–Crippen LogP) is 2.31. The van der Waals surface area contributed by atoms with E-state index in [1.54, 1.807) is 12.1 Å². The van der Waals surface area contributed by atoms with Crippen molar-refractivity contribution in [2.45, 2.75) is 0 Å². The molecular formula is C11H9ClN2O2. The van der Waals surface area contributed by atoms with Crippen molar-refractivity contribution in [3.63, 3.8) is 0 Å². The van der Waals surface area contributed by atoms with Crippen LogP contribution in [0.15, 0.2) is 30.5 Å². The molecule has 1 aromatic rings. The molecule has 0 amide bonds. The molecule has 1 aromatic carbocycles. The number of methoxy groups -OCH3 is 1. The van der Waals surface area contributed by atoms with Gasteiger partial charge in [0.2, 0.25) is 0 Å². The van der Waals surface area contributed by atoms with Crippen LogP contribution in [0.2, 0.25) is 5.02 Å². The van der Waals surface area contributed by atoms with E-state index in [0.29, 0.717) is 16.3 Å². The SMILES string of the molecule is COC(=O)/C=C/Nc1ccc(C#N)cc1Cl. The number of esters is 1. The van der Waals surface area contributed by atoms with Crippen LogP contribution in [0.4, 0.5) is 5.69 Å². The van der Waals surface area contributed by atoms with Crippen molar-refractivity contribution in [3.05, 3.63) is 41.1 Å². The smallest absolute Gasteiger partial charge is 0.331 e. The van der Waals surface area contributed by atoms with Gasteiger partial charge in [-0.3, -0.25) is 0 Å². The number of nitrogens with one attached hydrogen (secondary N) is 1. The fourth-order valence-electron chi connectivity index (χ4n) is 0.969. The number of rotatable bonds is 3. The molecule has 0 aliphatic heterocycles. The molecule has 0 bridgehead atoms. The number of hydrogen-bond donors (Lipinski definition) is 1. The van der Waals surface area contributed by atoms with Gasteiger partial charge in [-0.1, -0.05) is 11.6 Å². The number of halogens is 1. The van der Waals surface area contributed by atoms with Crippen LogP contribution in [-0.4, -0.2) is 13.1 Å². The Morgan fingerprint density at radius 1 is 1.62 bits per heavy atom. The molecule has 0 saturated heterocycles. The van der Waals surface area contributed by atoms with Crippen molar-refractivity contribution < 1.29 is 9.53 Å². The first kappa shape index (κ1) is 12.1. The van der Waals surface area contributed by atoms with Crippen LogP contribution >= 0.6 is 11.6 Å². The minimum atomic E-state index is -0.461. The summed E-state index contributed by atoms with van der Waals surface area (Å²) in [6.07, 6.45) is 2.65. The van der Waals surface area contributed by atoms with E-state index in [-0.39, 0.29) is 0 Å². The molecule has 0 aromatic heterocycles. The molecule has 82 valence electrons. The maximum absolute atomic E-state index is 10.8. The Kier molecular flexibility index (Phi) is 4.37. The first-order valence-electron chi connectivity index (χ1n) is 4.38. The monoisotopic (exact) mass is 236 g/mol. The lowest BCUT2D eigenvalue weighted by molar-refractivity contribution is -0.134. The average Bonchev–Trinajstić information content (AvgIpc) is 2.30. The molecule has 0 saturated carbocycles. The average molecular weight is 237 g/mol. The summed E-state index contributed by atoms with van der Waals surface area (Å²) in [7, 11) is 1.29. The van der Waals surface area contributed by atoms with Gasteiger partial charge < -0.3 is 10.1 Å². The first-order chi connectivity index (χ1) is 7.67. The van der Waals surface area contributed by atoms with Crippen molar-refractivity contribution in [1.29, 1.82) is 5.26 Å². The van der Waals surface area contributed by atoms with E-state index in [1.165, 1.54) is 25.5 Å². The number of nitrogens with zero attached hydrogens (tertiary/aromatic N) is 1. The topological polar surface area (TPSA) is 62.1 Å². The lowest BCUT2D eigenvalue weighted by atomic mass is 10.2. The Bertz CT molecular complexity index is 464. The third kappa shape index (κ3) is 3.30. The first-order valence-corrected chi connectivity index (χ1v) is 4.76. The van der Waals surface area contributed by atoms with Gasteiger partial charge in [-0.2, -0.15) is 5.26 Å². The second-order valence-electron chi connectivity index (χ2n) is 2.81. The van der Waals surface area contributed by atoms with Gasteiger partial charge in [-0.15, -0.1) is 0 Å². The van der Waals surface area contributed by atoms with Crippen molar-refractivity contribution >= 4 is 23.3 Å². The summed E-state index contributed by atoms with van der Waals surface area (Å²) in [6, 6.07) is 6.79. The second-order valence-corrected chi connectivity index (χ2v) is 3.21. The predicted molar refractivity (Wildman–Crippen MR) is 60.9 cm³/mol. The molecule has 0 heterocycles.